The number of hydrogen-bond donors (Lipinski definition) is 1. The number of fused-ring (bicyclic) bond motifs is 1. The van der Waals surface area contributed by atoms with Gasteiger partial charge in [-0.05, 0) is 40.0 Å². The molecule has 1 aromatic carbocycles. The SMILES string of the molecule is Nc1cccc2c1N(S(=O)(=O)c1cncc(Br)c1)CC2. The molecule has 104 valence electrons. The van der Waals surface area contributed by atoms with E-state index in [4.69, 9.17) is 5.73 Å². The van der Waals surface area contributed by atoms with Gasteiger partial charge in [-0.2, -0.15) is 0 Å². The zero-order valence-electron chi connectivity index (χ0n) is 10.5. The molecule has 1 aliphatic heterocycles. The molecule has 0 atom stereocenters. The van der Waals surface area contributed by atoms with Crippen molar-refractivity contribution < 1.29 is 8.42 Å². The van der Waals surface area contributed by atoms with E-state index in [1.807, 2.05) is 12.1 Å². The molecule has 2 aromatic rings. The molecule has 0 bridgehead atoms. The zero-order valence-corrected chi connectivity index (χ0v) is 12.9. The second kappa shape index (κ2) is 4.75. The van der Waals surface area contributed by atoms with E-state index in [2.05, 4.69) is 20.9 Å². The molecule has 2 heterocycles. The third kappa shape index (κ3) is 2.06. The van der Waals surface area contributed by atoms with Crippen LogP contribution >= 0.6 is 15.9 Å². The van der Waals surface area contributed by atoms with Crippen molar-refractivity contribution in [3.05, 3.63) is 46.7 Å². The lowest BCUT2D eigenvalue weighted by molar-refractivity contribution is 0.592. The topological polar surface area (TPSA) is 76.3 Å². The summed E-state index contributed by atoms with van der Waals surface area (Å²) in [6, 6.07) is 7.00. The minimum atomic E-state index is -3.64. The highest BCUT2D eigenvalue weighted by atomic mass is 79.9. The van der Waals surface area contributed by atoms with E-state index in [0.717, 1.165) is 5.56 Å². The molecule has 3 rings (SSSR count). The number of pyridine rings is 1. The molecule has 0 spiro atoms. The van der Waals surface area contributed by atoms with E-state index in [0.29, 0.717) is 28.8 Å². The quantitative estimate of drug-likeness (QED) is 0.839. The Hall–Kier alpha value is -1.60. The lowest BCUT2D eigenvalue weighted by atomic mass is 10.1. The summed E-state index contributed by atoms with van der Waals surface area (Å²) < 4.78 is 27.4. The Morgan fingerprint density at radius 2 is 2.10 bits per heavy atom. The van der Waals surface area contributed by atoms with Gasteiger partial charge in [-0.3, -0.25) is 9.29 Å². The number of anilines is 2. The molecule has 0 aliphatic carbocycles. The Balaban J connectivity index is 2.12. The van der Waals surface area contributed by atoms with E-state index in [1.54, 1.807) is 18.3 Å². The van der Waals surface area contributed by atoms with E-state index in [1.165, 1.54) is 10.5 Å². The van der Waals surface area contributed by atoms with Crippen LogP contribution in [0.3, 0.4) is 0 Å². The van der Waals surface area contributed by atoms with Gasteiger partial charge in [0.05, 0.1) is 11.4 Å². The molecular formula is C13H12BrN3O2S. The standard InChI is InChI=1S/C13H12BrN3O2S/c14-10-6-11(8-16-7-10)20(18,19)17-5-4-9-2-1-3-12(15)13(9)17/h1-3,6-8H,4-5,15H2. The van der Waals surface area contributed by atoms with Gasteiger partial charge in [0.25, 0.3) is 10.0 Å². The monoisotopic (exact) mass is 353 g/mol. The van der Waals surface area contributed by atoms with Crippen LogP contribution in [0, 0.1) is 0 Å². The first kappa shape index (κ1) is 13.4. The fourth-order valence-electron chi connectivity index (χ4n) is 2.35. The molecule has 1 aliphatic rings. The third-order valence-electron chi connectivity index (χ3n) is 3.25. The van der Waals surface area contributed by atoms with Crippen LogP contribution in [0.25, 0.3) is 0 Å². The van der Waals surface area contributed by atoms with Crippen LogP contribution in [0.1, 0.15) is 5.56 Å². The maximum atomic E-state index is 12.7. The molecule has 0 saturated carbocycles. The molecule has 0 amide bonds. The Kier molecular flexibility index (Phi) is 3.18. The lowest BCUT2D eigenvalue weighted by Crippen LogP contribution is -2.29. The average Bonchev–Trinajstić information content (AvgIpc) is 2.85. The van der Waals surface area contributed by atoms with Gasteiger partial charge in [-0.1, -0.05) is 12.1 Å². The number of nitrogens with zero attached hydrogens (tertiary/aromatic N) is 2. The van der Waals surface area contributed by atoms with Gasteiger partial charge in [0.1, 0.15) is 4.90 Å². The smallest absolute Gasteiger partial charge is 0.265 e. The van der Waals surface area contributed by atoms with Crippen LogP contribution in [0.2, 0.25) is 0 Å². The van der Waals surface area contributed by atoms with Crippen molar-refractivity contribution in [1.29, 1.82) is 0 Å². The van der Waals surface area contributed by atoms with Crippen LogP contribution in [-0.4, -0.2) is 19.9 Å². The molecule has 7 heteroatoms. The normalized spacial score (nSPS) is 14.3. The number of nitrogens with two attached hydrogens (primary N) is 1. The molecular weight excluding hydrogens is 342 g/mol. The summed E-state index contributed by atoms with van der Waals surface area (Å²) >= 11 is 3.24. The summed E-state index contributed by atoms with van der Waals surface area (Å²) in [6.07, 6.45) is 3.56. The van der Waals surface area contributed by atoms with Gasteiger partial charge < -0.3 is 5.73 Å². The molecule has 0 radical (unpaired) electrons. The summed E-state index contributed by atoms with van der Waals surface area (Å²) in [7, 11) is -3.64. The fraction of sp³-hybridized carbons (Fsp3) is 0.154. The summed E-state index contributed by atoms with van der Waals surface area (Å²) in [5.74, 6) is 0. The summed E-state index contributed by atoms with van der Waals surface area (Å²) in [6.45, 7) is 0.401. The van der Waals surface area contributed by atoms with Crippen molar-refractivity contribution in [3.8, 4) is 0 Å². The lowest BCUT2D eigenvalue weighted by Gasteiger charge is -2.20. The second-order valence-electron chi connectivity index (χ2n) is 4.52. The minimum absolute atomic E-state index is 0.156. The third-order valence-corrected chi connectivity index (χ3v) is 5.45. The number of benzene rings is 1. The molecule has 2 N–H and O–H groups in total. The Bertz CT molecular complexity index is 777. The summed E-state index contributed by atoms with van der Waals surface area (Å²) in [5.41, 5.74) is 7.96. The Labute approximate surface area is 125 Å². The highest BCUT2D eigenvalue weighted by Crippen LogP contribution is 2.37. The number of hydrogen-bond acceptors (Lipinski definition) is 4. The van der Waals surface area contributed by atoms with E-state index in [9.17, 15) is 8.42 Å². The zero-order chi connectivity index (χ0) is 14.3. The van der Waals surface area contributed by atoms with Crippen molar-refractivity contribution in [1.82, 2.24) is 4.98 Å². The molecule has 0 saturated heterocycles. The van der Waals surface area contributed by atoms with E-state index < -0.39 is 10.0 Å². The predicted octanol–water partition coefficient (Wildman–Crippen LogP) is 2.18. The van der Waals surface area contributed by atoms with Gasteiger partial charge in [-0.15, -0.1) is 0 Å². The first-order valence-electron chi connectivity index (χ1n) is 6.01. The fourth-order valence-corrected chi connectivity index (χ4v) is 4.39. The highest BCUT2D eigenvalue weighted by Gasteiger charge is 2.32. The minimum Gasteiger partial charge on any atom is -0.397 e. The molecule has 20 heavy (non-hydrogen) atoms. The van der Waals surface area contributed by atoms with Crippen molar-refractivity contribution >= 4 is 37.3 Å². The summed E-state index contributed by atoms with van der Waals surface area (Å²) in [4.78, 5) is 4.07. The first-order chi connectivity index (χ1) is 9.50. The number of para-hydroxylation sites is 1. The summed E-state index contributed by atoms with van der Waals surface area (Å²) in [5, 5.41) is 0. The van der Waals surface area contributed by atoms with Crippen LogP contribution in [0.5, 0.6) is 0 Å². The maximum absolute atomic E-state index is 12.7. The van der Waals surface area contributed by atoms with Crippen molar-refractivity contribution in [2.75, 3.05) is 16.6 Å². The van der Waals surface area contributed by atoms with Crippen molar-refractivity contribution in [2.45, 2.75) is 11.3 Å². The maximum Gasteiger partial charge on any atom is 0.265 e. The number of halogens is 1. The van der Waals surface area contributed by atoms with Gasteiger partial charge in [0, 0.05) is 23.4 Å². The molecule has 5 nitrogen and oxygen atoms in total. The van der Waals surface area contributed by atoms with Crippen LogP contribution in [0.4, 0.5) is 11.4 Å². The van der Waals surface area contributed by atoms with Crippen molar-refractivity contribution in [2.24, 2.45) is 0 Å². The molecule has 0 unspecified atom stereocenters. The largest absolute Gasteiger partial charge is 0.397 e. The van der Waals surface area contributed by atoms with Gasteiger partial charge in [0.15, 0.2) is 0 Å². The van der Waals surface area contributed by atoms with E-state index >= 15 is 0 Å². The van der Waals surface area contributed by atoms with Gasteiger partial charge in [-0.25, -0.2) is 8.42 Å². The van der Waals surface area contributed by atoms with Crippen LogP contribution in [-0.2, 0) is 16.4 Å². The van der Waals surface area contributed by atoms with Crippen molar-refractivity contribution in [3.63, 3.8) is 0 Å². The van der Waals surface area contributed by atoms with Crippen LogP contribution in [0.15, 0.2) is 46.0 Å². The van der Waals surface area contributed by atoms with Crippen LogP contribution < -0.4 is 10.0 Å². The van der Waals surface area contributed by atoms with Gasteiger partial charge >= 0.3 is 0 Å². The van der Waals surface area contributed by atoms with E-state index in [-0.39, 0.29) is 4.90 Å². The highest BCUT2D eigenvalue weighted by molar-refractivity contribution is 9.10. The Morgan fingerprint density at radius 3 is 2.85 bits per heavy atom. The number of sulfonamides is 1. The first-order valence-corrected chi connectivity index (χ1v) is 8.24. The molecule has 1 aromatic heterocycles. The average molecular weight is 354 g/mol. The predicted molar refractivity (Wildman–Crippen MR) is 81.0 cm³/mol. The number of aromatic nitrogens is 1. The van der Waals surface area contributed by atoms with Gasteiger partial charge in [0.2, 0.25) is 0 Å². The Morgan fingerprint density at radius 1 is 1.30 bits per heavy atom. The molecule has 0 fully saturated rings. The second-order valence-corrected chi connectivity index (χ2v) is 7.30. The number of rotatable bonds is 2. The number of nitrogen functional groups attached to an aromatic ring is 1.